The van der Waals surface area contributed by atoms with Crippen LogP contribution in [0.15, 0.2) is 12.2 Å². The minimum absolute atomic E-state index is 0.627. The van der Waals surface area contributed by atoms with E-state index in [0.29, 0.717) is 0 Å². The van der Waals surface area contributed by atoms with E-state index >= 15 is 0 Å². The zero-order valence-corrected chi connectivity index (χ0v) is 7.58. The van der Waals surface area contributed by atoms with Gasteiger partial charge in [0.25, 0.3) is 17.7 Å². The van der Waals surface area contributed by atoms with Gasteiger partial charge in [-0.25, -0.2) is 9.97 Å². The molecule has 1 aromatic heterocycles. The SMILES string of the molecule is C=C1C(=O)C(=O)c2nc(F)c(F)nc2C1=O. The quantitative estimate of drug-likeness (QED) is 0.359. The number of rotatable bonds is 0. The molecule has 0 saturated carbocycles. The van der Waals surface area contributed by atoms with Crippen LogP contribution in [-0.2, 0) is 4.79 Å². The van der Waals surface area contributed by atoms with Crippen LogP contribution in [0.4, 0.5) is 8.78 Å². The molecule has 0 bridgehead atoms. The van der Waals surface area contributed by atoms with Crippen LogP contribution in [0.2, 0.25) is 0 Å². The molecule has 1 aliphatic carbocycles. The normalized spacial score (nSPS) is 15.4. The Morgan fingerprint density at radius 3 is 1.75 bits per heavy atom. The molecule has 0 aromatic carbocycles. The number of fused-ring (bicyclic) bond motifs is 1. The molecular formula is C9H2F2N2O3. The number of ketones is 3. The summed E-state index contributed by atoms with van der Waals surface area (Å²) in [6.45, 7) is 3.07. The van der Waals surface area contributed by atoms with Gasteiger partial charge >= 0.3 is 0 Å². The fourth-order valence-electron chi connectivity index (χ4n) is 1.20. The highest BCUT2D eigenvalue weighted by atomic mass is 19.2. The third-order valence-corrected chi connectivity index (χ3v) is 2.00. The summed E-state index contributed by atoms with van der Waals surface area (Å²) in [7, 11) is 0. The Balaban J connectivity index is 2.78. The van der Waals surface area contributed by atoms with Crippen molar-refractivity contribution >= 4 is 17.3 Å². The van der Waals surface area contributed by atoms with Gasteiger partial charge in [0.1, 0.15) is 11.4 Å². The molecule has 7 heteroatoms. The molecule has 80 valence electrons. The van der Waals surface area contributed by atoms with Crippen LogP contribution < -0.4 is 0 Å². The molecule has 5 nitrogen and oxygen atoms in total. The van der Waals surface area contributed by atoms with Gasteiger partial charge in [-0.2, -0.15) is 8.78 Å². The second-order valence-corrected chi connectivity index (χ2v) is 2.97. The van der Waals surface area contributed by atoms with Crippen molar-refractivity contribution in [2.75, 3.05) is 0 Å². The molecule has 0 unspecified atom stereocenters. The fourth-order valence-corrected chi connectivity index (χ4v) is 1.20. The lowest BCUT2D eigenvalue weighted by Gasteiger charge is -2.11. The Kier molecular flexibility index (Phi) is 1.97. The van der Waals surface area contributed by atoms with Crippen LogP contribution in [0.3, 0.4) is 0 Å². The van der Waals surface area contributed by atoms with Crippen LogP contribution in [0.1, 0.15) is 21.0 Å². The molecule has 0 radical (unpaired) electrons. The highest BCUT2D eigenvalue weighted by Gasteiger charge is 2.38. The monoisotopic (exact) mass is 224 g/mol. The standard InChI is InChI=1S/C9H2F2N2O3/c1-2-5(14)3-4(7(16)6(2)15)13-9(11)8(10)12-3/h1H2. The van der Waals surface area contributed by atoms with E-state index in [-0.39, 0.29) is 0 Å². The Morgan fingerprint density at radius 2 is 1.25 bits per heavy atom. The molecule has 0 aliphatic heterocycles. The Morgan fingerprint density at radius 1 is 0.812 bits per heavy atom. The molecule has 0 amide bonds. The average molecular weight is 224 g/mol. The Bertz CT molecular complexity index is 529. The highest BCUT2D eigenvalue weighted by Crippen LogP contribution is 2.19. The van der Waals surface area contributed by atoms with Gasteiger partial charge in [-0.1, -0.05) is 6.58 Å². The van der Waals surface area contributed by atoms with E-state index in [1.54, 1.807) is 0 Å². The lowest BCUT2D eigenvalue weighted by Crippen LogP contribution is -2.32. The van der Waals surface area contributed by atoms with Gasteiger partial charge in [0.2, 0.25) is 11.6 Å². The zero-order chi connectivity index (χ0) is 12.0. The molecule has 2 rings (SSSR count). The minimum Gasteiger partial charge on any atom is -0.287 e. The molecule has 0 spiro atoms. The fraction of sp³-hybridized carbons (Fsp3) is 0. The summed E-state index contributed by atoms with van der Waals surface area (Å²) in [6, 6.07) is 0. The molecule has 0 fully saturated rings. The Hall–Kier alpha value is -2.31. The average Bonchev–Trinajstić information content (AvgIpc) is 2.26. The highest BCUT2D eigenvalue weighted by molar-refractivity contribution is 6.58. The van der Waals surface area contributed by atoms with Gasteiger partial charge in [0.05, 0.1) is 5.57 Å². The third-order valence-electron chi connectivity index (χ3n) is 2.00. The predicted molar refractivity (Wildman–Crippen MR) is 44.8 cm³/mol. The topological polar surface area (TPSA) is 77.0 Å². The number of carbonyl (C=O) groups excluding carboxylic acids is 3. The summed E-state index contributed by atoms with van der Waals surface area (Å²) in [4.78, 5) is 39.6. The van der Waals surface area contributed by atoms with Crippen molar-refractivity contribution in [2.45, 2.75) is 0 Å². The van der Waals surface area contributed by atoms with Crippen molar-refractivity contribution < 1.29 is 23.2 Å². The number of halogens is 2. The zero-order valence-electron chi connectivity index (χ0n) is 7.58. The number of aromatic nitrogens is 2. The summed E-state index contributed by atoms with van der Waals surface area (Å²) >= 11 is 0. The second kappa shape index (κ2) is 3.09. The van der Waals surface area contributed by atoms with E-state index in [9.17, 15) is 23.2 Å². The smallest absolute Gasteiger partial charge is 0.269 e. The number of carbonyl (C=O) groups is 3. The lowest BCUT2D eigenvalue weighted by molar-refractivity contribution is -0.111. The van der Waals surface area contributed by atoms with Crippen molar-refractivity contribution in [3.05, 3.63) is 35.4 Å². The van der Waals surface area contributed by atoms with E-state index < -0.39 is 46.2 Å². The van der Waals surface area contributed by atoms with Gasteiger partial charge in [-0.15, -0.1) is 0 Å². The van der Waals surface area contributed by atoms with Crippen molar-refractivity contribution in [3.63, 3.8) is 0 Å². The van der Waals surface area contributed by atoms with Gasteiger partial charge in [0, 0.05) is 0 Å². The van der Waals surface area contributed by atoms with E-state index in [2.05, 4.69) is 16.5 Å². The van der Waals surface area contributed by atoms with Gasteiger partial charge < -0.3 is 0 Å². The van der Waals surface area contributed by atoms with Gasteiger partial charge in [-0.05, 0) is 0 Å². The predicted octanol–water partition coefficient (Wildman–Crippen LogP) is 0.259. The second-order valence-electron chi connectivity index (χ2n) is 2.97. The number of nitrogens with zero attached hydrogens (tertiary/aromatic N) is 2. The maximum Gasteiger partial charge on any atom is 0.269 e. The molecule has 0 atom stereocenters. The number of Topliss-reactive ketones (excluding diaryl/α,β-unsaturated/α-hetero) is 3. The molecule has 16 heavy (non-hydrogen) atoms. The first kappa shape index (κ1) is 10.2. The first-order chi connectivity index (χ1) is 7.43. The van der Waals surface area contributed by atoms with E-state index in [1.165, 1.54) is 0 Å². The van der Waals surface area contributed by atoms with E-state index in [0.717, 1.165) is 0 Å². The van der Waals surface area contributed by atoms with Gasteiger partial charge in [-0.3, -0.25) is 14.4 Å². The van der Waals surface area contributed by atoms with Crippen molar-refractivity contribution in [1.29, 1.82) is 0 Å². The maximum absolute atomic E-state index is 12.7. The first-order valence-electron chi connectivity index (χ1n) is 3.99. The molecule has 1 aromatic rings. The molecule has 0 saturated heterocycles. The molecule has 0 N–H and O–H groups in total. The molecule has 1 aliphatic rings. The Labute approximate surface area is 86.8 Å². The van der Waals surface area contributed by atoms with Crippen molar-refractivity contribution in [3.8, 4) is 0 Å². The van der Waals surface area contributed by atoms with Gasteiger partial charge in [0.15, 0.2) is 0 Å². The van der Waals surface area contributed by atoms with Crippen molar-refractivity contribution in [1.82, 2.24) is 9.97 Å². The minimum atomic E-state index is -1.64. The number of hydrogen-bond donors (Lipinski definition) is 0. The van der Waals surface area contributed by atoms with Crippen LogP contribution in [0, 0.1) is 11.9 Å². The lowest BCUT2D eigenvalue weighted by atomic mass is 9.92. The van der Waals surface area contributed by atoms with Crippen LogP contribution in [0.25, 0.3) is 0 Å². The summed E-state index contributed by atoms with van der Waals surface area (Å²) in [5, 5.41) is 0. The largest absolute Gasteiger partial charge is 0.287 e. The number of hydrogen-bond acceptors (Lipinski definition) is 5. The summed E-state index contributed by atoms with van der Waals surface area (Å²) in [6.07, 6.45) is 0. The molecular weight excluding hydrogens is 222 g/mol. The van der Waals surface area contributed by atoms with E-state index in [4.69, 9.17) is 0 Å². The third kappa shape index (κ3) is 1.18. The summed E-state index contributed by atoms with van der Waals surface area (Å²) in [5.74, 6) is -6.67. The van der Waals surface area contributed by atoms with E-state index in [1.807, 2.05) is 0 Å². The first-order valence-corrected chi connectivity index (χ1v) is 3.99. The molecule has 1 heterocycles. The van der Waals surface area contributed by atoms with Crippen LogP contribution >= 0.6 is 0 Å². The van der Waals surface area contributed by atoms with Crippen LogP contribution in [0.5, 0.6) is 0 Å². The van der Waals surface area contributed by atoms with Crippen LogP contribution in [-0.4, -0.2) is 27.3 Å². The number of allylic oxidation sites excluding steroid dienone is 1. The van der Waals surface area contributed by atoms with Crippen molar-refractivity contribution in [2.24, 2.45) is 0 Å². The summed E-state index contributed by atoms with van der Waals surface area (Å²) < 4.78 is 25.4. The maximum atomic E-state index is 12.7. The summed E-state index contributed by atoms with van der Waals surface area (Å²) in [5.41, 5.74) is -2.09.